The Balaban J connectivity index is 2.61. The van der Waals surface area contributed by atoms with Crippen molar-refractivity contribution < 1.29 is 4.79 Å². The van der Waals surface area contributed by atoms with Gasteiger partial charge in [0, 0.05) is 12.6 Å². The Morgan fingerprint density at radius 3 is 2.71 bits per heavy atom. The summed E-state index contributed by atoms with van der Waals surface area (Å²) in [4.78, 5) is 27.4. The Kier molecular flexibility index (Phi) is 1.85. The first kappa shape index (κ1) is 8.55. The van der Waals surface area contributed by atoms with Crippen LogP contribution in [0.3, 0.4) is 0 Å². The Morgan fingerprint density at radius 1 is 1.29 bits per heavy atom. The number of benzene rings is 1. The molecule has 5 nitrogen and oxygen atoms in total. The zero-order valence-electron chi connectivity index (χ0n) is 7.55. The molecule has 1 aromatic carbocycles. The molecule has 0 fully saturated rings. The first-order chi connectivity index (χ1) is 6.70. The predicted octanol–water partition coefficient (Wildman–Crippen LogP) is 0.216. The SMILES string of the molecule is CNC(=O)c1ccc2[nH]c(=O)[nH]c2c1. The standard InChI is InChI=1S/C9H9N3O2/c1-10-8(13)5-2-3-6-7(4-5)12-9(14)11-6/h2-4H,1H3,(H,10,13)(H2,11,12,14). The van der Waals surface area contributed by atoms with Crippen LogP contribution in [0.2, 0.25) is 0 Å². The van der Waals surface area contributed by atoms with E-state index in [1.165, 1.54) is 0 Å². The zero-order chi connectivity index (χ0) is 10.1. The van der Waals surface area contributed by atoms with Gasteiger partial charge in [-0.25, -0.2) is 4.79 Å². The maximum atomic E-state index is 11.3. The lowest BCUT2D eigenvalue weighted by Crippen LogP contribution is -2.17. The molecule has 14 heavy (non-hydrogen) atoms. The fourth-order valence-corrected chi connectivity index (χ4v) is 1.32. The predicted molar refractivity (Wildman–Crippen MR) is 52.3 cm³/mol. The number of hydrogen-bond donors (Lipinski definition) is 3. The Morgan fingerprint density at radius 2 is 2.00 bits per heavy atom. The summed E-state index contributed by atoms with van der Waals surface area (Å²) in [6.07, 6.45) is 0. The summed E-state index contributed by atoms with van der Waals surface area (Å²) in [5.74, 6) is -0.172. The Labute approximate surface area is 79.1 Å². The molecule has 1 aromatic heterocycles. The van der Waals surface area contributed by atoms with E-state index in [4.69, 9.17) is 0 Å². The minimum Gasteiger partial charge on any atom is -0.355 e. The molecule has 0 bridgehead atoms. The van der Waals surface area contributed by atoms with Gasteiger partial charge in [0.2, 0.25) is 0 Å². The summed E-state index contributed by atoms with van der Waals surface area (Å²) in [7, 11) is 1.56. The van der Waals surface area contributed by atoms with Gasteiger partial charge >= 0.3 is 5.69 Å². The molecule has 0 aliphatic heterocycles. The van der Waals surface area contributed by atoms with Crippen molar-refractivity contribution in [3.63, 3.8) is 0 Å². The maximum Gasteiger partial charge on any atom is 0.323 e. The van der Waals surface area contributed by atoms with Crippen LogP contribution in [0, 0.1) is 0 Å². The Hall–Kier alpha value is -2.04. The van der Waals surface area contributed by atoms with E-state index in [1.807, 2.05) is 0 Å². The molecule has 0 unspecified atom stereocenters. The van der Waals surface area contributed by atoms with Crippen LogP contribution in [0.4, 0.5) is 0 Å². The lowest BCUT2D eigenvalue weighted by atomic mass is 10.2. The average Bonchev–Trinajstić information content (AvgIpc) is 2.55. The third kappa shape index (κ3) is 1.28. The van der Waals surface area contributed by atoms with Crippen LogP contribution in [-0.2, 0) is 0 Å². The van der Waals surface area contributed by atoms with Gasteiger partial charge in [-0.2, -0.15) is 0 Å². The summed E-state index contributed by atoms with van der Waals surface area (Å²) >= 11 is 0. The highest BCUT2D eigenvalue weighted by molar-refractivity contribution is 5.97. The third-order valence-electron chi connectivity index (χ3n) is 2.01. The number of aromatic amines is 2. The van der Waals surface area contributed by atoms with Gasteiger partial charge in [0.1, 0.15) is 0 Å². The second-order valence-electron chi connectivity index (χ2n) is 2.92. The quantitative estimate of drug-likeness (QED) is 0.602. The second kappa shape index (κ2) is 3.02. The van der Waals surface area contributed by atoms with E-state index in [1.54, 1.807) is 25.2 Å². The van der Waals surface area contributed by atoms with Gasteiger partial charge in [-0.05, 0) is 18.2 Å². The number of hydrogen-bond acceptors (Lipinski definition) is 2. The topological polar surface area (TPSA) is 77.8 Å². The molecule has 5 heteroatoms. The number of H-pyrrole nitrogens is 2. The fourth-order valence-electron chi connectivity index (χ4n) is 1.32. The van der Waals surface area contributed by atoms with Crippen molar-refractivity contribution in [2.24, 2.45) is 0 Å². The number of nitrogens with one attached hydrogen (secondary N) is 3. The molecule has 2 rings (SSSR count). The van der Waals surface area contributed by atoms with Crippen LogP contribution in [0.15, 0.2) is 23.0 Å². The summed E-state index contributed by atoms with van der Waals surface area (Å²) in [6.45, 7) is 0. The molecule has 72 valence electrons. The average molecular weight is 191 g/mol. The van der Waals surface area contributed by atoms with Gasteiger partial charge in [0.25, 0.3) is 5.91 Å². The van der Waals surface area contributed by atoms with E-state index in [0.717, 1.165) is 0 Å². The molecule has 0 aliphatic carbocycles. The van der Waals surface area contributed by atoms with Crippen LogP contribution in [0.1, 0.15) is 10.4 Å². The minimum absolute atomic E-state index is 0.172. The monoisotopic (exact) mass is 191 g/mol. The van der Waals surface area contributed by atoms with E-state index in [9.17, 15) is 9.59 Å². The van der Waals surface area contributed by atoms with Gasteiger partial charge < -0.3 is 15.3 Å². The van der Waals surface area contributed by atoms with Crippen molar-refractivity contribution in [3.05, 3.63) is 34.2 Å². The Bertz CT molecular complexity index is 538. The van der Waals surface area contributed by atoms with E-state index < -0.39 is 0 Å². The fraction of sp³-hybridized carbons (Fsp3) is 0.111. The minimum atomic E-state index is -0.269. The molecule has 0 atom stereocenters. The lowest BCUT2D eigenvalue weighted by molar-refractivity contribution is 0.0963. The van der Waals surface area contributed by atoms with Crippen LogP contribution in [0.5, 0.6) is 0 Å². The number of imidazole rings is 1. The van der Waals surface area contributed by atoms with Crippen molar-refractivity contribution in [1.82, 2.24) is 15.3 Å². The number of rotatable bonds is 1. The van der Waals surface area contributed by atoms with Gasteiger partial charge in [-0.1, -0.05) is 0 Å². The molecule has 0 saturated carbocycles. The molecular formula is C9H9N3O2. The largest absolute Gasteiger partial charge is 0.355 e. The first-order valence-corrected chi connectivity index (χ1v) is 4.15. The van der Waals surface area contributed by atoms with E-state index in [0.29, 0.717) is 16.6 Å². The number of fused-ring (bicyclic) bond motifs is 1. The van der Waals surface area contributed by atoms with Crippen LogP contribution in [0.25, 0.3) is 11.0 Å². The molecule has 3 N–H and O–H groups in total. The van der Waals surface area contributed by atoms with E-state index >= 15 is 0 Å². The van der Waals surface area contributed by atoms with E-state index in [-0.39, 0.29) is 11.6 Å². The van der Waals surface area contributed by atoms with Gasteiger partial charge in [-0.3, -0.25) is 4.79 Å². The normalized spacial score (nSPS) is 10.4. The highest BCUT2D eigenvalue weighted by Crippen LogP contribution is 2.09. The maximum absolute atomic E-state index is 11.3. The molecule has 0 radical (unpaired) electrons. The van der Waals surface area contributed by atoms with Crippen molar-refractivity contribution in [2.45, 2.75) is 0 Å². The van der Waals surface area contributed by atoms with Crippen LogP contribution in [-0.4, -0.2) is 22.9 Å². The van der Waals surface area contributed by atoms with E-state index in [2.05, 4.69) is 15.3 Å². The van der Waals surface area contributed by atoms with Crippen molar-refractivity contribution in [2.75, 3.05) is 7.05 Å². The molecule has 1 heterocycles. The van der Waals surface area contributed by atoms with Crippen molar-refractivity contribution in [3.8, 4) is 0 Å². The molecule has 0 saturated heterocycles. The molecule has 1 amide bonds. The molecule has 0 aliphatic rings. The third-order valence-corrected chi connectivity index (χ3v) is 2.01. The molecule has 2 aromatic rings. The molecular weight excluding hydrogens is 182 g/mol. The summed E-state index contributed by atoms with van der Waals surface area (Å²) in [5, 5.41) is 2.51. The highest BCUT2D eigenvalue weighted by Gasteiger charge is 2.04. The number of carbonyl (C=O) groups is 1. The lowest BCUT2D eigenvalue weighted by Gasteiger charge is -1.98. The van der Waals surface area contributed by atoms with Crippen LogP contribution < -0.4 is 11.0 Å². The summed E-state index contributed by atoms with van der Waals surface area (Å²) in [6, 6.07) is 4.98. The number of amides is 1. The highest BCUT2D eigenvalue weighted by atomic mass is 16.1. The summed E-state index contributed by atoms with van der Waals surface area (Å²) in [5.41, 5.74) is 1.59. The number of carbonyl (C=O) groups excluding carboxylic acids is 1. The van der Waals surface area contributed by atoms with Gasteiger partial charge in [0.05, 0.1) is 11.0 Å². The first-order valence-electron chi connectivity index (χ1n) is 4.15. The zero-order valence-corrected chi connectivity index (χ0v) is 7.55. The van der Waals surface area contributed by atoms with Crippen molar-refractivity contribution >= 4 is 16.9 Å². The van der Waals surface area contributed by atoms with Crippen molar-refractivity contribution in [1.29, 1.82) is 0 Å². The van der Waals surface area contributed by atoms with Crippen LogP contribution >= 0.6 is 0 Å². The smallest absolute Gasteiger partial charge is 0.323 e. The number of aromatic nitrogens is 2. The van der Waals surface area contributed by atoms with Gasteiger partial charge in [-0.15, -0.1) is 0 Å². The summed E-state index contributed by atoms with van der Waals surface area (Å²) < 4.78 is 0. The van der Waals surface area contributed by atoms with Gasteiger partial charge in [0.15, 0.2) is 0 Å². The second-order valence-corrected chi connectivity index (χ2v) is 2.92. The molecule has 0 spiro atoms.